The zero-order valence-electron chi connectivity index (χ0n) is 14.0. The van der Waals surface area contributed by atoms with E-state index in [-0.39, 0.29) is 36.7 Å². The van der Waals surface area contributed by atoms with Gasteiger partial charge in [-0.3, -0.25) is 9.59 Å². The second-order valence-corrected chi connectivity index (χ2v) is 6.05. The minimum atomic E-state index is -1.07. The third-order valence-electron chi connectivity index (χ3n) is 4.40. The van der Waals surface area contributed by atoms with E-state index in [4.69, 9.17) is 5.73 Å². The van der Waals surface area contributed by atoms with E-state index in [2.05, 4.69) is 0 Å². The van der Waals surface area contributed by atoms with Gasteiger partial charge in [-0.1, -0.05) is 6.07 Å². The largest absolute Gasteiger partial charge is 0.398 e. The van der Waals surface area contributed by atoms with Crippen molar-refractivity contribution in [3.63, 3.8) is 0 Å². The van der Waals surface area contributed by atoms with Crippen molar-refractivity contribution < 1.29 is 18.4 Å². The van der Waals surface area contributed by atoms with Crippen molar-refractivity contribution in [3.8, 4) is 0 Å². The van der Waals surface area contributed by atoms with Crippen molar-refractivity contribution in [1.29, 1.82) is 0 Å². The molecule has 7 heteroatoms. The fourth-order valence-electron chi connectivity index (χ4n) is 3.08. The van der Waals surface area contributed by atoms with Crippen molar-refractivity contribution in [3.05, 3.63) is 59.2 Å². The van der Waals surface area contributed by atoms with Crippen LogP contribution in [-0.4, -0.2) is 18.2 Å². The number of Topliss-reactive ketones (excluding diaryl/α,β-unsaturated/α-hetero) is 1. The van der Waals surface area contributed by atoms with E-state index in [1.807, 2.05) is 6.07 Å². The van der Waals surface area contributed by atoms with Gasteiger partial charge in [-0.05, 0) is 48.7 Å². The van der Waals surface area contributed by atoms with Gasteiger partial charge in [0.1, 0.15) is 0 Å². The number of ketones is 1. The van der Waals surface area contributed by atoms with Crippen LogP contribution in [0.3, 0.4) is 0 Å². The van der Waals surface area contributed by atoms with Gasteiger partial charge in [0, 0.05) is 36.3 Å². The first-order valence-corrected chi connectivity index (χ1v) is 8.13. The van der Waals surface area contributed by atoms with E-state index in [0.29, 0.717) is 12.2 Å². The maximum absolute atomic E-state index is 13.2. The van der Waals surface area contributed by atoms with Crippen LogP contribution in [0.4, 0.5) is 20.2 Å². The van der Waals surface area contributed by atoms with Gasteiger partial charge in [0.05, 0.1) is 0 Å². The molecule has 1 amide bonds. The zero-order chi connectivity index (χ0) is 18.0. The molecule has 0 saturated heterocycles. The molecule has 3 rings (SSSR count). The standard InChI is InChI=1S/C19H18F2N2O2.ClH/c20-14-7-6-12(11-15(14)21)18(24)8-9-19(25)23-10-2-3-13-16(22)4-1-5-17(13)23;/h1,4-7,11H,2-3,8-10,22H2;1H. The first-order chi connectivity index (χ1) is 12.0. The van der Waals surface area contributed by atoms with Gasteiger partial charge in [-0.25, -0.2) is 8.78 Å². The Morgan fingerprint density at radius 2 is 1.85 bits per heavy atom. The summed E-state index contributed by atoms with van der Waals surface area (Å²) in [4.78, 5) is 26.3. The van der Waals surface area contributed by atoms with Crippen LogP contribution in [-0.2, 0) is 11.2 Å². The minimum absolute atomic E-state index is 0. The van der Waals surface area contributed by atoms with Crippen LogP contribution in [0.5, 0.6) is 0 Å². The molecule has 0 aliphatic carbocycles. The fraction of sp³-hybridized carbons (Fsp3) is 0.263. The summed E-state index contributed by atoms with van der Waals surface area (Å²) in [6.45, 7) is 0.578. The van der Waals surface area contributed by atoms with Gasteiger partial charge in [-0.2, -0.15) is 0 Å². The Labute approximate surface area is 156 Å². The van der Waals surface area contributed by atoms with Gasteiger partial charge < -0.3 is 10.6 Å². The molecular weight excluding hydrogens is 362 g/mol. The number of fused-ring (bicyclic) bond motifs is 1. The topological polar surface area (TPSA) is 63.4 Å². The van der Waals surface area contributed by atoms with Gasteiger partial charge >= 0.3 is 0 Å². The SMILES string of the molecule is Cl.Nc1cccc2c1CCCN2C(=O)CCC(=O)c1ccc(F)c(F)c1. The molecular formula is C19H19ClF2N2O2. The second kappa shape index (κ2) is 8.27. The number of rotatable bonds is 4. The third kappa shape index (κ3) is 4.02. The highest BCUT2D eigenvalue weighted by Gasteiger charge is 2.24. The third-order valence-corrected chi connectivity index (χ3v) is 4.40. The summed E-state index contributed by atoms with van der Waals surface area (Å²) >= 11 is 0. The summed E-state index contributed by atoms with van der Waals surface area (Å²) in [5.74, 6) is -2.65. The van der Waals surface area contributed by atoms with E-state index in [0.717, 1.165) is 36.2 Å². The predicted octanol–water partition coefficient (Wildman–Crippen LogP) is 3.91. The van der Waals surface area contributed by atoms with Crippen molar-refractivity contribution in [2.24, 2.45) is 0 Å². The molecule has 0 unspecified atom stereocenters. The van der Waals surface area contributed by atoms with E-state index in [1.54, 1.807) is 17.0 Å². The van der Waals surface area contributed by atoms with Crippen LogP contribution >= 0.6 is 12.4 Å². The molecule has 0 bridgehead atoms. The minimum Gasteiger partial charge on any atom is -0.398 e. The fourth-order valence-corrected chi connectivity index (χ4v) is 3.08. The predicted molar refractivity (Wildman–Crippen MR) is 98.7 cm³/mol. The van der Waals surface area contributed by atoms with Crippen LogP contribution in [0.25, 0.3) is 0 Å². The first kappa shape index (κ1) is 19.8. The number of nitrogens with two attached hydrogens (primary N) is 1. The first-order valence-electron chi connectivity index (χ1n) is 8.13. The number of amides is 1. The number of nitrogens with zero attached hydrogens (tertiary/aromatic N) is 1. The zero-order valence-corrected chi connectivity index (χ0v) is 14.8. The Bertz CT molecular complexity index is 842. The highest BCUT2D eigenvalue weighted by molar-refractivity contribution is 6.01. The molecule has 2 aromatic rings. The molecule has 1 aliphatic heterocycles. The van der Waals surface area contributed by atoms with Gasteiger partial charge in [0.15, 0.2) is 17.4 Å². The Morgan fingerprint density at radius 3 is 2.58 bits per heavy atom. The van der Waals surface area contributed by atoms with Gasteiger partial charge in [-0.15, -0.1) is 12.4 Å². The van der Waals surface area contributed by atoms with Crippen molar-refractivity contribution >= 4 is 35.5 Å². The van der Waals surface area contributed by atoms with Crippen LogP contribution in [0.15, 0.2) is 36.4 Å². The maximum Gasteiger partial charge on any atom is 0.227 e. The molecule has 0 atom stereocenters. The number of benzene rings is 2. The molecule has 2 aromatic carbocycles. The number of halogens is 3. The average Bonchev–Trinajstić information content (AvgIpc) is 2.61. The highest BCUT2D eigenvalue weighted by atomic mass is 35.5. The van der Waals surface area contributed by atoms with Crippen LogP contribution < -0.4 is 10.6 Å². The quantitative estimate of drug-likeness (QED) is 0.646. The molecule has 0 saturated carbocycles. The highest BCUT2D eigenvalue weighted by Crippen LogP contribution is 2.31. The Hall–Kier alpha value is -2.47. The summed E-state index contributed by atoms with van der Waals surface area (Å²) in [6.07, 6.45) is 1.58. The maximum atomic E-state index is 13.2. The molecule has 0 aromatic heterocycles. The smallest absolute Gasteiger partial charge is 0.227 e. The number of carbonyl (C=O) groups excluding carboxylic acids is 2. The molecule has 1 aliphatic rings. The number of nitrogen functional groups attached to an aromatic ring is 1. The molecule has 26 heavy (non-hydrogen) atoms. The molecule has 1 heterocycles. The molecule has 0 spiro atoms. The van der Waals surface area contributed by atoms with Crippen molar-refractivity contribution in [1.82, 2.24) is 0 Å². The molecule has 0 fully saturated rings. The van der Waals surface area contributed by atoms with Crippen LogP contribution in [0, 0.1) is 11.6 Å². The van der Waals surface area contributed by atoms with E-state index in [9.17, 15) is 18.4 Å². The Balaban J connectivity index is 0.00000243. The Kier molecular flexibility index (Phi) is 6.32. The summed E-state index contributed by atoms with van der Waals surface area (Å²) in [7, 11) is 0. The lowest BCUT2D eigenvalue weighted by atomic mass is 9.99. The average molecular weight is 381 g/mol. The summed E-state index contributed by atoms with van der Waals surface area (Å²) < 4.78 is 26.2. The van der Waals surface area contributed by atoms with E-state index < -0.39 is 17.4 Å². The van der Waals surface area contributed by atoms with E-state index in [1.165, 1.54) is 6.07 Å². The Morgan fingerprint density at radius 1 is 1.08 bits per heavy atom. The molecule has 2 N–H and O–H groups in total. The van der Waals surface area contributed by atoms with Crippen LogP contribution in [0.1, 0.15) is 35.2 Å². The lowest BCUT2D eigenvalue weighted by molar-refractivity contribution is -0.118. The monoisotopic (exact) mass is 380 g/mol. The second-order valence-electron chi connectivity index (χ2n) is 6.05. The summed E-state index contributed by atoms with van der Waals surface area (Å²) in [6, 6.07) is 8.45. The van der Waals surface area contributed by atoms with E-state index >= 15 is 0 Å². The number of hydrogen-bond acceptors (Lipinski definition) is 3. The van der Waals surface area contributed by atoms with Gasteiger partial charge in [0.25, 0.3) is 0 Å². The number of anilines is 2. The molecule has 0 radical (unpaired) electrons. The number of hydrogen-bond donors (Lipinski definition) is 1. The summed E-state index contributed by atoms with van der Waals surface area (Å²) in [5, 5.41) is 0. The number of carbonyl (C=O) groups is 2. The molecule has 138 valence electrons. The van der Waals surface area contributed by atoms with Gasteiger partial charge in [0.2, 0.25) is 5.91 Å². The lowest BCUT2D eigenvalue weighted by Gasteiger charge is -2.30. The van der Waals surface area contributed by atoms with Crippen LogP contribution in [0.2, 0.25) is 0 Å². The van der Waals surface area contributed by atoms with Crippen molar-refractivity contribution in [2.45, 2.75) is 25.7 Å². The summed E-state index contributed by atoms with van der Waals surface area (Å²) in [5.41, 5.74) is 8.44. The lowest BCUT2D eigenvalue weighted by Crippen LogP contribution is -2.35. The normalized spacial score (nSPS) is 12.9. The van der Waals surface area contributed by atoms with Crippen molar-refractivity contribution in [2.75, 3.05) is 17.2 Å². The molecule has 4 nitrogen and oxygen atoms in total.